The Labute approximate surface area is 325 Å². The summed E-state index contributed by atoms with van der Waals surface area (Å²) >= 11 is 6.84. The number of halogens is 3. The second-order valence-electron chi connectivity index (χ2n) is 14.0. The lowest BCUT2D eigenvalue weighted by molar-refractivity contribution is 0.0500. The number of hydrogen-bond donors (Lipinski definition) is 1. The second kappa shape index (κ2) is 15.2. The Hall–Kier alpha value is -6.05. The van der Waals surface area contributed by atoms with Crippen LogP contribution in [0.4, 0.5) is 19.4 Å². The van der Waals surface area contributed by atoms with E-state index in [0.29, 0.717) is 17.4 Å². The van der Waals surface area contributed by atoms with Gasteiger partial charge in [-0.25, -0.2) is 31.3 Å². The number of rotatable bonds is 10. The monoisotopic (exact) mass is 803 g/mol. The minimum absolute atomic E-state index is 0.0339. The fourth-order valence-electron chi connectivity index (χ4n) is 6.30. The molecule has 0 aliphatic carbocycles. The molecule has 0 spiro atoms. The van der Waals surface area contributed by atoms with Crippen molar-refractivity contribution < 1.29 is 31.5 Å². The quantitative estimate of drug-likeness (QED) is 0.156. The number of ether oxygens (including phenoxy) is 2. The first-order valence-corrected chi connectivity index (χ1v) is 19.3. The molecule has 0 fully saturated rings. The number of nitrogens with zero attached hydrogens (tertiary/aromatic N) is 6. The number of nitriles is 1. The van der Waals surface area contributed by atoms with Crippen molar-refractivity contribution in [2.75, 3.05) is 17.7 Å². The number of anilines is 1. The Morgan fingerprint density at radius 2 is 1.71 bits per heavy atom. The van der Waals surface area contributed by atoms with E-state index in [1.54, 1.807) is 52.1 Å². The van der Waals surface area contributed by atoms with Crippen LogP contribution >= 0.6 is 11.6 Å². The zero-order chi connectivity index (χ0) is 40.7. The van der Waals surface area contributed by atoms with Crippen LogP contribution < -0.4 is 19.9 Å². The fourth-order valence-corrected chi connectivity index (χ4v) is 7.36. The van der Waals surface area contributed by atoms with E-state index in [9.17, 15) is 32.0 Å². The number of benzene rings is 4. The molecular formula is C39H36ClF2N7O6S. The Morgan fingerprint density at radius 1 is 1.04 bits per heavy atom. The molecule has 1 unspecified atom stereocenters. The molecule has 6 aromatic rings. The first-order valence-electron chi connectivity index (χ1n) is 17.0. The van der Waals surface area contributed by atoms with Gasteiger partial charge in [0.2, 0.25) is 10.0 Å². The van der Waals surface area contributed by atoms with E-state index in [-0.39, 0.29) is 68.3 Å². The molecule has 1 atom stereocenters. The first-order chi connectivity index (χ1) is 26.4. The van der Waals surface area contributed by atoms with Gasteiger partial charge < -0.3 is 14.8 Å². The van der Waals surface area contributed by atoms with Crippen LogP contribution in [-0.4, -0.2) is 52.8 Å². The lowest BCUT2D eigenvalue weighted by Gasteiger charge is -2.26. The molecule has 0 saturated heterocycles. The van der Waals surface area contributed by atoms with E-state index in [0.717, 1.165) is 22.7 Å². The lowest BCUT2D eigenvalue weighted by Crippen LogP contribution is -2.39. The van der Waals surface area contributed by atoms with Crippen LogP contribution in [0, 0.1) is 23.0 Å². The third-order valence-electron chi connectivity index (χ3n) is 8.65. The summed E-state index contributed by atoms with van der Waals surface area (Å²) in [5.41, 5.74) is -0.253. The Bertz CT molecular complexity index is 2700. The predicted octanol–water partition coefficient (Wildman–Crippen LogP) is 6.86. The first kappa shape index (κ1) is 39.6. The predicted molar refractivity (Wildman–Crippen MR) is 208 cm³/mol. The Balaban J connectivity index is 1.64. The van der Waals surface area contributed by atoms with Gasteiger partial charge in [-0.15, -0.1) is 0 Å². The normalized spacial score (nSPS) is 12.4. The van der Waals surface area contributed by atoms with Crippen LogP contribution in [0.15, 0.2) is 77.6 Å². The number of alkyl carbamates (subject to hydrolysis) is 1. The van der Waals surface area contributed by atoms with Gasteiger partial charge in [0.1, 0.15) is 28.8 Å². The molecule has 0 saturated carbocycles. The summed E-state index contributed by atoms with van der Waals surface area (Å²) in [5.74, 6) is -1.31. The van der Waals surface area contributed by atoms with Gasteiger partial charge in [0.05, 0.1) is 70.1 Å². The molecule has 17 heteroatoms. The molecule has 290 valence electrons. The highest BCUT2D eigenvalue weighted by Gasteiger charge is 2.31. The van der Waals surface area contributed by atoms with Crippen molar-refractivity contribution in [3.8, 4) is 17.5 Å². The maximum absolute atomic E-state index is 14.8. The Kier molecular flexibility index (Phi) is 10.8. The van der Waals surface area contributed by atoms with Crippen molar-refractivity contribution in [3.05, 3.63) is 122 Å². The summed E-state index contributed by atoms with van der Waals surface area (Å²) in [5, 5.41) is 17.4. The van der Waals surface area contributed by atoms with Gasteiger partial charge in [-0.2, -0.15) is 10.4 Å². The molecule has 56 heavy (non-hydrogen) atoms. The van der Waals surface area contributed by atoms with Gasteiger partial charge in [-0.05, 0) is 86.5 Å². The van der Waals surface area contributed by atoms with Crippen molar-refractivity contribution in [2.45, 2.75) is 45.4 Å². The molecule has 6 rings (SSSR count). The van der Waals surface area contributed by atoms with Crippen LogP contribution in [-0.2, 0) is 34.8 Å². The zero-order valence-corrected chi connectivity index (χ0v) is 32.7. The molecule has 0 bridgehead atoms. The second-order valence-corrected chi connectivity index (χ2v) is 16.3. The number of aryl methyl sites for hydroxylation is 1. The summed E-state index contributed by atoms with van der Waals surface area (Å²) in [6.45, 7) is 4.81. The summed E-state index contributed by atoms with van der Waals surface area (Å²) in [6.07, 6.45) is -0.166. The van der Waals surface area contributed by atoms with E-state index in [1.165, 1.54) is 46.7 Å². The van der Waals surface area contributed by atoms with Crippen LogP contribution in [0.3, 0.4) is 0 Å². The van der Waals surface area contributed by atoms with E-state index < -0.39 is 45.0 Å². The number of amides is 1. The molecule has 1 N–H and O–H groups in total. The molecule has 2 heterocycles. The zero-order valence-electron chi connectivity index (χ0n) is 31.1. The Morgan fingerprint density at radius 3 is 2.32 bits per heavy atom. The number of methoxy groups -OCH3 is 1. The van der Waals surface area contributed by atoms with Gasteiger partial charge in [-0.3, -0.25) is 14.0 Å². The van der Waals surface area contributed by atoms with E-state index >= 15 is 0 Å². The van der Waals surface area contributed by atoms with E-state index in [4.69, 9.17) is 26.1 Å². The number of hydrogen-bond acceptors (Lipinski definition) is 9. The number of carbonyl (C=O) groups is 1. The minimum atomic E-state index is -4.00. The molecule has 0 aliphatic rings. The van der Waals surface area contributed by atoms with Crippen molar-refractivity contribution in [1.82, 2.24) is 24.6 Å². The van der Waals surface area contributed by atoms with Crippen molar-refractivity contribution in [3.63, 3.8) is 0 Å². The minimum Gasteiger partial charge on any atom is -0.497 e. The summed E-state index contributed by atoms with van der Waals surface area (Å²) < 4.78 is 70.3. The van der Waals surface area contributed by atoms with Crippen molar-refractivity contribution in [2.24, 2.45) is 7.05 Å². The third kappa shape index (κ3) is 8.28. The largest absolute Gasteiger partial charge is 0.497 e. The van der Waals surface area contributed by atoms with Gasteiger partial charge in [0.15, 0.2) is 5.82 Å². The highest BCUT2D eigenvalue weighted by atomic mass is 35.5. The molecule has 0 aliphatic heterocycles. The van der Waals surface area contributed by atoms with Crippen LogP contribution in [0.25, 0.3) is 27.5 Å². The van der Waals surface area contributed by atoms with Gasteiger partial charge in [0.25, 0.3) is 5.56 Å². The molecule has 0 radical (unpaired) electrons. The summed E-state index contributed by atoms with van der Waals surface area (Å²) in [4.78, 5) is 32.9. The lowest BCUT2D eigenvalue weighted by atomic mass is 10.0. The number of carbonyl (C=O) groups excluding carboxylic acids is 1. The molecule has 13 nitrogen and oxygen atoms in total. The van der Waals surface area contributed by atoms with Crippen LogP contribution in [0.2, 0.25) is 5.02 Å². The smallest absolute Gasteiger partial charge is 0.408 e. The maximum atomic E-state index is 14.8. The SMILES string of the molecule is COc1ccc(CN(c2nn(C)c3c(-n4c(C(Cc5cc(F)cc(F)c5)NC(=O)OC(C)(C)C)nc5cc(C#N)ccc5c4=O)ccc(Cl)c23)S(C)(=O)=O)cc1. The number of sulfonamides is 1. The third-order valence-corrected chi connectivity index (χ3v) is 10.1. The molecular weight excluding hydrogens is 768 g/mol. The van der Waals surface area contributed by atoms with Crippen molar-refractivity contribution >= 4 is 55.3 Å². The topological polar surface area (TPSA) is 161 Å². The van der Waals surface area contributed by atoms with Crippen LogP contribution in [0.1, 0.15) is 49.3 Å². The van der Waals surface area contributed by atoms with E-state index in [1.807, 2.05) is 6.07 Å². The standard InChI is InChI=1S/C39H36ClF2N7O6S/c1-39(2,3)55-38(51)45-31(18-24-15-25(41)19-26(42)16-24)35-44-30-17-23(20-43)9-12-28(30)37(50)49(35)32-14-13-29(40)33-34(32)47(4)46-36(33)48(56(6,52)53)21-22-7-10-27(54-5)11-8-22/h7-17,19,31H,18,21H2,1-6H3,(H,45,51). The molecule has 2 aromatic heterocycles. The average Bonchev–Trinajstić information content (AvgIpc) is 3.46. The molecule has 4 aromatic carbocycles. The number of nitrogens with one attached hydrogen (secondary N) is 1. The van der Waals surface area contributed by atoms with Gasteiger partial charge >= 0.3 is 6.09 Å². The number of fused-ring (bicyclic) bond motifs is 2. The maximum Gasteiger partial charge on any atom is 0.408 e. The summed E-state index contributed by atoms with van der Waals surface area (Å²) in [7, 11) is -0.943. The van der Waals surface area contributed by atoms with Crippen LogP contribution in [0.5, 0.6) is 5.75 Å². The van der Waals surface area contributed by atoms with E-state index in [2.05, 4.69) is 10.4 Å². The van der Waals surface area contributed by atoms with Crippen molar-refractivity contribution in [1.29, 1.82) is 5.26 Å². The molecule has 1 amide bonds. The fraction of sp³-hybridized carbons (Fsp3) is 0.256. The van der Waals surface area contributed by atoms with Gasteiger partial charge in [-0.1, -0.05) is 23.7 Å². The highest BCUT2D eigenvalue weighted by Crippen LogP contribution is 2.38. The average molecular weight is 804 g/mol. The highest BCUT2D eigenvalue weighted by molar-refractivity contribution is 7.92. The number of aromatic nitrogens is 4. The van der Waals surface area contributed by atoms with Gasteiger partial charge in [0, 0.05) is 19.5 Å². The summed E-state index contributed by atoms with van der Waals surface area (Å²) in [6, 6.07) is 17.7.